The summed E-state index contributed by atoms with van der Waals surface area (Å²) in [7, 11) is 0. The van der Waals surface area contributed by atoms with Gasteiger partial charge in [0.2, 0.25) is 0 Å². The Morgan fingerprint density at radius 1 is 0.367 bits per heavy atom. The fraction of sp³-hybridized carbons (Fsp3) is 0.0345. The summed E-state index contributed by atoms with van der Waals surface area (Å²) in [6.45, 7) is 4.25. The summed E-state index contributed by atoms with van der Waals surface area (Å²) in [6.07, 6.45) is 2.16. The zero-order valence-electron chi connectivity index (χ0n) is 33.7. The Morgan fingerprint density at radius 2 is 0.717 bits per heavy atom. The Balaban J connectivity index is 0.873. The molecule has 60 heavy (non-hydrogen) atoms. The molecule has 284 valence electrons. The predicted molar refractivity (Wildman–Crippen MR) is 257 cm³/mol. The van der Waals surface area contributed by atoms with Gasteiger partial charge < -0.3 is 9.30 Å². The van der Waals surface area contributed by atoms with E-state index in [9.17, 15) is 0 Å². The van der Waals surface area contributed by atoms with Crippen molar-refractivity contribution in [1.82, 2.24) is 4.40 Å². The van der Waals surface area contributed by atoms with Gasteiger partial charge in [0.25, 0.3) is 0 Å². The van der Waals surface area contributed by atoms with Crippen LogP contribution in [0.15, 0.2) is 218 Å². The van der Waals surface area contributed by atoms with Crippen LogP contribution in [0.4, 0.5) is 17.1 Å². The van der Waals surface area contributed by atoms with Gasteiger partial charge in [-0.25, -0.2) is 0 Å². The van der Waals surface area contributed by atoms with E-state index in [-0.39, 0.29) is 0 Å². The number of fused-ring (bicyclic) bond motifs is 6. The highest BCUT2D eigenvalue weighted by atomic mass is 15.1. The van der Waals surface area contributed by atoms with Crippen LogP contribution in [-0.2, 0) is 0 Å². The highest BCUT2D eigenvalue weighted by Gasteiger charge is 2.19. The summed E-state index contributed by atoms with van der Waals surface area (Å²) in [5.41, 5.74) is 19.4. The molecule has 0 aliphatic carbocycles. The standard InChI is InChI=1S/C58H42N2/c1-3-39(2)40-25-31-49(32-26-40)59(50-33-27-45(28-34-50)41-11-5-4-6-12-41)51-35-29-46(30-36-51)44-19-17-42(18-20-44)43-21-23-47(24-22-43)48-37-54-52-13-7-9-15-56(52)60-57-16-10-8-14-53(57)55(38-48)58(54)60/h3-38H,1-2H3. The van der Waals surface area contributed by atoms with Crippen LogP contribution >= 0.6 is 0 Å². The van der Waals surface area contributed by atoms with Crippen molar-refractivity contribution < 1.29 is 0 Å². The van der Waals surface area contributed by atoms with Gasteiger partial charge in [-0.05, 0) is 130 Å². The van der Waals surface area contributed by atoms with Crippen molar-refractivity contribution in [3.63, 3.8) is 0 Å². The minimum atomic E-state index is 1.11. The van der Waals surface area contributed by atoms with Crippen LogP contribution in [0.25, 0.3) is 88.2 Å². The van der Waals surface area contributed by atoms with Crippen molar-refractivity contribution in [2.24, 2.45) is 0 Å². The van der Waals surface area contributed by atoms with Crippen LogP contribution in [0.5, 0.6) is 0 Å². The van der Waals surface area contributed by atoms with E-state index in [4.69, 9.17) is 0 Å². The van der Waals surface area contributed by atoms with Gasteiger partial charge in [-0.1, -0.05) is 158 Å². The Bertz CT molecular complexity index is 3230. The Labute approximate surface area is 350 Å². The first kappa shape index (κ1) is 35.5. The van der Waals surface area contributed by atoms with E-state index in [0.717, 1.165) is 17.1 Å². The molecule has 0 spiro atoms. The zero-order chi connectivity index (χ0) is 40.2. The number of hydrogen-bond donors (Lipinski definition) is 0. The Kier molecular flexibility index (Phi) is 8.64. The maximum Gasteiger partial charge on any atom is 0.0620 e. The van der Waals surface area contributed by atoms with Gasteiger partial charge in [-0.3, -0.25) is 0 Å². The normalized spacial score (nSPS) is 11.9. The SMILES string of the molecule is CC=C(C)c1ccc(N(c2ccc(-c3ccccc3)cc2)c2ccc(-c3ccc(-c4ccc(-c5cc6c7ccccc7n7c8ccccc8c(c5)c67)cc4)cc3)cc2)cc1. The number of aromatic nitrogens is 1. The number of para-hydroxylation sites is 2. The number of allylic oxidation sites excluding steroid dienone is 2. The largest absolute Gasteiger partial charge is 0.311 e. The molecule has 2 heterocycles. The van der Waals surface area contributed by atoms with Gasteiger partial charge in [0.15, 0.2) is 0 Å². The molecule has 0 amide bonds. The second kappa shape index (κ2) is 14.6. The van der Waals surface area contributed by atoms with Gasteiger partial charge in [0.05, 0.1) is 16.6 Å². The average Bonchev–Trinajstić information content (AvgIpc) is 3.84. The van der Waals surface area contributed by atoms with E-state index in [1.807, 2.05) is 0 Å². The van der Waals surface area contributed by atoms with Crippen molar-refractivity contribution in [2.75, 3.05) is 4.90 Å². The number of rotatable bonds is 8. The fourth-order valence-electron chi connectivity index (χ4n) is 9.05. The molecular formula is C58H42N2. The topological polar surface area (TPSA) is 7.65 Å². The second-order valence-electron chi connectivity index (χ2n) is 15.8. The van der Waals surface area contributed by atoms with E-state index < -0.39 is 0 Å². The molecule has 0 radical (unpaired) electrons. The quantitative estimate of drug-likeness (QED) is 0.149. The molecule has 11 rings (SSSR count). The molecule has 0 fully saturated rings. The molecule has 0 aliphatic rings. The third-order valence-corrected chi connectivity index (χ3v) is 12.3. The number of nitrogens with zero attached hydrogens (tertiary/aromatic N) is 2. The number of benzene rings is 9. The van der Waals surface area contributed by atoms with Gasteiger partial charge in [0.1, 0.15) is 0 Å². The molecule has 0 atom stereocenters. The van der Waals surface area contributed by atoms with Crippen LogP contribution in [0.2, 0.25) is 0 Å². The van der Waals surface area contributed by atoms with E-state index in [0.29, 0.717) is 0 Å². The Morgan fingerprint density at radius 3 is 1.15 bits per heavy atom. The Hall–Kier alpha value is -7.68. The molecule has 2 nitrogen and oxygen atoms in total. The van der Waals surface area contributed by atoms with Crippen LogP contribution < -0.4 is 4.90 Å². The molecule has 0 N–H and O–H groups in total. The van der Waals surface area contributed by atoms with E-state index >= 15 is 0 Å². The summed E-state index contributed by atoms with van der Waals surface area (Å²) in [4.78, 5) is 2.34. The highest BCUT2D eigenvalue weighted by molar-refractivity contribution is 6.24. The zero-order valence-corrected chi connectivity index (χ0v) is 33.7. The molecule has 0 saturated heterocycles. The summed E-state index contributed by atoms with van der Waals surface area (Å²) >= 11 is 0. The summed E-state index contributed by atoms with van der Waals surface area (Å²) in [6, 6.07) is 77.6. The lowest BCUT2D eigenvalue weighted by molar-refractivity contribution is 1.28. The summed E-state index contributed by atoms with van der Waals surface area (Å²) < 4.78 is 2.44. The minimum Gasteiger partial charge on any atom is -0.311 e. The minimum absolute atomic E-state index is 1.11. The molecule has 11 aromatic rings. The van der Waals surface area contributed by atoms with Gasteiger partial charge in [-0.2, -0.15) is 0 Å². The van der Waals surface area contributed by atoms with Crippen molar-refractivity contribution >= 4 is 60.7 Å². The maximum atomic E-state index is 2.44. The molecule has 0 saturated carbocycles. The molecule has 2 aromatic heterocycles. The monoisotopic (exact) mass is 766 g/mol. The second-order valence-corrected chi connectivity index (χ2v) is 15.8. The third-order valence-electron chi connectivity index (χ3n) is 12.3. The lowest BCUT2D eigenvalue weighted by atomic mass is 9.96. The van der Waals surface area contributed by atoms with Crippen LogP contribution in [0.3, 0.4) is 0 Å². The molecular weight excluding hydrogens is 725 g/mol. The third kappa shape index (κ3) is 6.04. The number of anilines is 3. The van der Waals surface area contributed by atoms with Gasteiger partial charge >= 0.3 is 0 Å². The van der Waals surface area contributed by atoms with Crippen molar-refractivity contribution in [1.29, 1.82) is 0 Å². The van der Waals surface area contributed by atoms with Gasteiger partial charge in [0, 0.05) is 38.6 Å². The predicted octanol–water partition coefficient (Wildman–Crippen LogP) is 16.4. The van der Waals surface area contributed by atoms with Crippen molar-refractivity contribution in [3.8, 4) is 44.5 Å². The molecule has 0 aliphatic heterocycles. The molecule has 9 aromatic carbocycles. The lowest BCUT2D eigenvalue weighted by Gasteiger charge is -2.26. The van der Waals surface area contributed by atoms with Gasteiger partial charge in [-0.15, -0.1) is 0 Å². The first-order chi connectivity index (χ1) is 29.6. The average molecular weight is 767 g/mol. The first-order valence-corrected chi connectivity index (χ1v) is 20.8. The first-order valence-electron chi connectivity index (χ1n) is 20.8. The molecule has 0 bridgehead atoms. The maximum absolute atomic E-state index is 2.44. The highest BCUT2D eigenvalue weighted by Crippen LogP contribution is 2.42. The van der Waals surface area contributed by atoms with E-state index in [2.05, 4.69) is 242 Å². The smallest absolute Gasteiger partial charge is 0.0620 e. The summed E-state index contributed by atoms with van der Waals surface area (Å²) in [5.74, 6) is 0. The van der Waals surface area contributed by atoms with Crippen LogP contribution in [0, 0.1) is 0 Å². The van der Waals surface area contributed by atoms with Crippen molar-refractivity contribution in [3.05, 3.63) is 224 Å². The molecule has 0 unspecified atom stereocenters. The van der Waals surface area contributed by atoms with E-state index in [1.165, 1.54) is 93.7 Å². The van der Waals surface area contributed by atoms with E-state index in [1.54, 1.807) is 0 Å². The van der Waals surface area contributed by atoms with Crippen molar-refractivity contribution in [2.45, 2.75) is 13.8 Å². The fourth-order valence-corrected chi connectivity index (χ4v) is 9.05. The lowest BCUT2D eigenvalue weighted by Crippen LogP contribution is -2.09. The van der Waals surface area contributed by atoms with Crippen LogP contribution in [0.1, 0.15) is 19.4 Å². The van der Waals surface area contributed by atoms with Crippen LogP contribution in [-0.4, -0.2) is 4.40 Å². The molecule has 2 heteroatoms. The summed E-state index contributed by atoms with van der Waals surface area (Å²) in [5, 5.41) is 5.21. The number of hydrogen-bond acceptors (Lipinski definition) is 1.